The third-order valence-electron chi connectivity index (χ3n) is 4.22. The first-order chi connectivity index (χ1) is 11.5. The van der Waals surface area contributed by atoms with Crippen molar-refractivity contribution < 1.29 is 31.6 Å². The van der Waals surface area contributed by atoms with Crippen molar-refractivity contribution in [2.75, 3.05) is 13.1 Å². The minimum atomic E-state index is -4.85. The fraction of sp³-hybridized carbons (Fsp3) is 0.750. The van der Waals surface area contributed by atoms with Gasteiger partial charge in [0.05, 0.1) is 11.5 Å². The number of piperidine rings is 1. The largest absolute Gasteiger partial charge is 0.418 e. The summed E-state index contributed by atoms with van der Waals surface area (Å²) in [5.41, 5.74) is 9.09. The van der Waals surface area contributed by atoms with Crippen molar-refractivity contribution in [1.82, 2.24) is 20.8 Å². The average Bonchev–Trinajstić information content (AvgIpc) is 2.76. The number of nitrogens with two attached hydrogens (primary N) is 1. The Morgan fingerprint density at radius 2 is 2.00 bits per heavy atom. The van der Waals surface area contributed by atoms with Crippen LogP contribution in [0.4, 0.5) is 4.79 Å². The zero-order chi connectivity index (χ0) is 19.0. The third-order valence-corrected chi connectivity index (χ3v) is 4.57. The van der Waals surface area contributed by atoms with Gasteiger partial charge in [0.1, 0.15) is 6.04 Å². The third kappa shape index (κ3) is 4.18. The smallest absolute Gasteiger partial charge is 0.329 e. The van der Waals surface area contributed by atoms with Crippen LogP contribution in [0.15, 0.2) is 0 Å². The van der Waals surface area contributed by atoms with E-state index in [1.807, 2.05) is 0 Å². The molecule has 0 radical (unpaired) electrons. The van der Waals surface area contributed by atoms with E-state index in [0.717, 1.165) is 4.90 Å². The van der Waals surface area contributed by atoms with E-state index in [1.54, 1.807) is 13.8 Å². The maximum atomic E-state index is 12.3. The number of carbonyl (C=O) groups excluding carboxylic acids is 3. The monoisotopic (exact) mass is 379 g/mol. The van der Waals surface area contributed by atoms with Gasteiger partial charge in [-0.2, -0.15) is 13.5 Å². The maximum absolute atomic E-state index is 12.3. The Hall–Kier alpha value is -1.96. The summed E-state index contributed by atoms with van der Waals surface area (Å²) < 4.78 is 34.6. The maximum Gasteiger partial charge on any atom is 0.418 e. The number of rotatable bonds is 5. The summed E-state index contributed by atoms with van der Waals surface area (Å²) in [6.45, 7) is 3.35. The number of hydrogen-bond acceptors (Lipinski definition) is 7. The summed E-state index contributed by atoms with van der Waals surface area (Å²) in [4.78, 5) is 37.5. The standard InChI is InChI=1S/C12H21N5O7S/c1-12(2,6-13)10(19)15-14-9(18)8-4-3-7-5-16(8)11(20)17(7)24-25(21,22)23/h7-8H,3-6,13H2,1-2H3,(H,14,18)(H,15,19)(H,21,22,23)/t7-,8-/m0/s1. The van der Waals surface area contributed by atoms with Crippen LogP contribution in [0.1, 0.15) is 26.7 Å². The molecule has 4 amide bonds. The van der Waals surface area contributed by atoms with E-state index in [1.165, 1.54) is 0 Å². The molecule has 0 aromatic heterocycles. The molecule has 0 saturated carbocycles. The molecule has 2 fully saturated rings. The van der Waals surface area contributed by atoms with E-state index in [9.17, 15) is 22.8 Å². The second kappa shape index (κ2) is 6.74. The van der Waals surface area contributed by atoms with E-state index in [-0.39, 0.29) is 25.9 Å². The van der Waals surface area contributed by atoms with Gasteiger partial charge in [0.2, 0.25) is 5.91 Å². The first-order valence-corrected chi connectivity index (χ1v) is 8.90. The fourth-order valence-electron chi connectivity index (χ4n) is 2.57. The molecule has 2 atom stereocenters. The van der Waals surface area contributed by atoms with Crippen LogP contribution in [0.3, 0.4) is 0 Å². The quantitative estimate of drug-likeness (QED) is 0.317. The second-order valence-electron chi connectivity index (χ2n) is 6.54. The summed E-state index contributed by atoms with van der Waals surface area (Å²) >= 11 is 0. The number of carbonyl (C=O) groups is 3. The lowest BCUT2D eigenvalue weighted by Crippen LogP contribution is -2.56. The Labute approximate surface area is 144 Å². The number of nitrogens with zero attached hydrogens (tertiary/aromatic N) is 2. The van der Waals surface area contributed by atoms with Gasteiger partial charge in [-0.3, -0.25) is 25.0 Å². The van der Waals surface area contributed by atoms with E-state index in [4.69, 9.17) is 10.3 Å². The number of urea groups is 1. The zero-order valence-electron chi connectivity index (χ0n) is 13.8. The highest BCUT2D eigenvalue weighted by Crippen LogP contribution is 2.30. The normalized spacial score (nSPS) is 23.6. The van der Waals surface area contributed by atoms with Gasteiger partial charge in [0.15, 0.2) is 0 Å². The first kappa shape index (κ1) is 19.4. The minimum absolute atomic E-state index is 0.0642. The van der Waals surface area contributed by atoms with Gasteiger partial charge in [-0.1, -0.05) is 0 Å². The van der Waals surface area contributed by atoms with E-state index >= 15 is 0 Å². The van der Waals surface area contributed by atoms with Crippen LogP contribution in [0.2, 0.25) is 0 Å². The predicted molar refractivity (Wildman–Crippen MR) is 82.5 cm³/mol. The summed E-state index contributed by atoms with van der Waals surface area (Å²) in [7, 11) is -4.85. The zero-order valence-corrected chi connectivity index (χ0v) is 14.6. The molecule has 142 valence electrons. The number of amides is 4. The van der Waals surface area contributed by atoms with Crippen LogP contribution >= 0.6 is 0 Å². The van der Waals surface area contributed by atoms with Crippen LogP contribution in [0.25, 0.3) is 0 Å². The summed E-state index contributed by atoms with van der Waals surface area (Å²) in [5, 5.41) is 0.540. The lowest BCUT2D eigenvalue weighted by molar-refractivity contribution is -0.135. The van der Waals surface area contributed by atoms with Crippen LogP contribution in [-0.4, -0.2) is 66.0 Å². The predicted octanol–water partition coefficient (Wildman–Crippen LogP) is -1.88. The molecule has 25 heavy (non-hydrogen) atoms. The van der Waals surface area contributed by atoms with Crippen LogP contribution < -0.4 is 16.6 Å². The fourth-order valence-corrected chi connectivity index (χ4v) is 2.96. The van der Waals surface area contributed by atoms with Gasteiger partial charge in [0.25, 0.3) is 5.91 Å². The van der Waals surface area contributed by atoms with Gasteiger partial charge in [-0.25, -0.2) is 4.79 Å². The number of fused-ring (bicyclic) bond motifs is 2. The average molecular weight is 379 g/mol. The Morgan fingerprint density at radius 3 is 2.56 bits per heavy atom. The second-order valence-corrected chi connectivity index (χ2v) is 7.55. The molecule has 0 unspecified atom stereocenters. The summed E-state index contributed by atoms with van der Waals surface area (Å²) in [6.07, 6.45) is 0.530. The van der Waals surface area contributed by atoms with Crippen LogP contribution in [0.5, 0.6) is 0 Å². The molecule has 13 heteroatoms. The summed E-state index contributed by atoms with van der Waals surface area (Å²) in [6, 6.07) is -2.35. The molecule has 0 spiro atoms. The highest BCUT2D eigenvalue weighted by atomic mass is 32.3. The van der Waals surface area contributed by atoms with Crippen LogP contribution in [-0.2, 0) is 24.3 Å². The van der Waals surface area contributed by atoms with E-state index in [2.05, 4.69) is 15.1 Å². The number of nitrogens with one attached hydrogen (secondary N) is 2. The molecule has 0 aromatic rings. The lowest BCUT2D eigenvalue weighted by Gasteiger charge is -2.29. The molecule has 0 aromatic carbocycles. The van der Waals surface area contributed by atoms with Gasteiger partial charge >= 0.3 is 16.4 Å². The van der Waals surface area contributed by atoms with Crippen molar-refractivity contribution in [3.05, 3.63) is 0 Å². The molecule has 2 aliphatic rings. The van der Waals surface area contributed by atoms with Crippen molar-refractivity contribution in [2.45, 2.75) is 38.8 Å². The Balaban J connectivity index is 1.99. The highest BCUT2D eigenvalue weighted by Gasteiger charge is 2.49. The van der Waals surface area contributed by atoms with Crippen molar-refractivity contribution in [3.8, 4) is 0 Å². The number of hydrogen-bond donors (Lipinski definition) is 4. The Kier molecular flexibility index (Phi) is 5.22. The topological polar surface area (TPSA) is 171 Å². The Bertz CT molecular complexity index is 679. The van der Waals surface area contributed by atoms with Gasteiger partial charge in [0, 0.05) is 13.1 Å². The van der Waals surface area contributed by atoms with Gasteiger partial charge in [-0.15, -0.1) is 4.28 Å². The molecule has 2 aliphatic heterocycles. The molecule has 0 aliphatic carbocycles. The molecule has 2 rings (SSSR count). The summed E-state index contributed by atoms with van der Waals surface area (Å²) in [5.74, 6) is -1.11. The molecule has 2 bridgehead atoms. The molecular formula is C12H21N5O7S. The minimum Gasteiger partial charge on any atom is -0.329 e. The van der Waals surface area contributed by atoms with E-state index in [0.29, 0.717) is 5.06 Å². The van der Waals surface area contributed by atoms with Crippen molar-refractivity contribution in [3.63, 3.8) is 0 Å². The SMILES string of the molecule is CC(C)(CN)C(=O)NNC(=O)[C@@H]1CC[C@H]2CN1C(=O)N2OS(=O)(=O)O. The Morgan fingerprint density at radius 1 is 1.36 bits per heavy atom. The highest BCUT2D eigenvalue weighted by molar-refractivity contribution is 7.80. The van der Waals surface area contributed by atoms with Crippen molar-refractivity contribution in [2.24, 2.45) is 11.1 Å². The van der Waals surface area contributed by atoms with Crippen molar-refractivity contribution in [1.29, 1.82) is 0 Å². The molecule has 5 N–H and O–H groups in total. The lowest BCUT2D eigenvalue weighted by atomic mass is 9.93. The molecule has 12 nitrogen and oxygen atoms in total. The number of hydroxylamine groups is 2. The van der Waals surface area contributed by atoms with Gasteiger partial charge in [-0.05, 0) is 26.7 Å². The van der Waals surface area contributed by atoms with E-state index < -0.39 is 45.7 Å². The number of hydrazine groups is 1. The van der Waals surface area contributed by atoms with Crippen molar-refractivity contribution >= 4 is 28.2 Å². The van der Waals surface area contributed by atoms with Crippen LogP contribution in [0, 0.1) is 5.41 Å². The molecular weight excluding hydrogens is 358 g/mol. The molecule has 2 heterocycles. The first-order valence-electron chi connectivity index (χ1n) is 7.53. The van der Waals surface area contributed by atoms with Gasteiger partial charge < -0.3 is 10.6 Å². The molecule has 2 saturated heterocycles.